The number of hydrogen-bond acceptors (Lipinski definition) is 6. The average Bonchev–Trinajstić information content (AvgIpc) is 3.61. The molecule has 3 aromatic rings. The summed E-state index contributed by atoms with van der Waals surface area (Å²) >= 11 is 1.40. The van der Waals surface area contributed by atoms with Gasteiger partial charge >= 0.3 is 5.97 Å². The molecule has 1 unspecified atom stereocenters. The van der Waals surface area contributed by atoms with Crippen molar-refractivity contribution in [2.45, 2.75) is 44.7 Å². The molecule has 1 fully saturated rings. The molecule has 0 spiro atoms. The van der Waals surface area contributed by atoms with Gasteiger partial charge < -0.3 is 14.5 Å². The van der Waals surface area contributed by atoms with Gasteiger partial charge in [-0.25, -0.2) is 4.79 Å². The number of anilines is 1. The molecular weight excluding hydrogens is 440 g/mol. The van der Waals surface area contributed by atoms with E-state index in [1.165, 1.54) is 22.5 Å². The van der Waals surface area contributed by atoms with E-state index in [9.17, 15) is 14.4 Å². The Kier molecular flexibility index (Phi) is 7.24. The fourth-order valence-corrected chi connectivity index (χ4v) is 4.88. The molecule has 172 valence electrons. The van der Waals surface area contributed by atoms with Crippen molar-refractivity contribution in [3.63, 3.8) is 0 Å². The molecule has 33 heavy (non-hydrogen) atoms. The summed E-state index contributed by atoms with van der Waals surface area (Å²) in [5.41, 5.74) is 0.703. The van der Waals surface area contributed by atoms with Crippen molar-refractivity contribution in [1.29, 1.82) is 0 Å². The number of hydrogen-bond donors (Lipinski definition) is 1. The molecule has 1 atom stereocenters. The van der Waals surface area contributed by atoms with Crippen LogP contribution >= 0.6 is 11.3 Å². The van der Waals surface area contributed by atoms with Crippen LogP contribution in [-0.4, -0.2) is 30.4 Å². The molecule has 0 aliphatic heterocycles. The van der Waals surface area contributed by atoms with E-state index >= 15 is 0 Å². The summed E-state index contributed by atoms with van der Waals surface area (Å²) in [5, 5.41) is 5.00. The fourth-order valence-electron chi connectivity index (χ4n) is 4.07. The number of amides is 2. The van der Waals surface area contributed by atoms with Crippen molar-refractivity contribution < 1.29 is 23.5 Å². The second kappa shape index (κ2) is 10.5. The van der Waals surface area contributed by atoms with E-state index in [-0.39, 0.29) is 24.3 Å². The minimum absolute atomic E-state index is 0.0893. The molecule has 1 aliphatic rings. The molecule has 2 heterocycles. The van der Waals surface area contributed by atoms with Gasteiger partial charge in [-0.15, -0.1) is 11.3 Å². The number of ether oxygens (including phenoxy) is 1. The highest BCUT2D eigenvalue weighted by atomic mass is 32.1. The molecule has 1 aliphatic carbocycles. The van der Waals surface area contributed by atoms with Crippen LogP contribution in [-0.2, 0) is 9.53 Å². The first-order chi connectivity index (χ1) is 16.1. The van der Waals surface area contributed by atoms with Crippen molar-refractivity contribution in [3.8, 4) is 0 Å². The Labute approximate surface area is 196 Å². The van der Waals surface area contributed by atoms with Crippen molar-refractivity contribution in [3.05, 3.63) is 76.4 Å². The lowest BCUT2D eigenvalue weighted by molar-refractivity contribution is -0.123. The first kappa shape index (κ1) is 22.8. The fraction of sp³-hybridized carbons (Fsp3) is 0.320. The number of thiophene rings is 1. The molecule has 7 nitrogen and oxygen atoms in total. The Bertz CT molecular complexity index is 1090. The smallest absolute Gasteiger partial charge is 0.338 e. The van der Waals surface area contributed by atoms with E-state index in [0.29, 0.717) is 16.1 Å². The van der Waals surface area contributed by atoms with Crippen molar-refractivity contribution in [2.75, 3.05) is 11.5 Å². The van der Waals surface area contributed by atoms with Gasteiger partial charge in [0.2, 0.25) is 5.91 Å². The van der Waals surface area contributed by atoms with Gasteiger partial charge in [0.15, 0.2) is 11.8 Å². The summed E-state index contributed by atoms with van der Waals surface area (Å²) in [7, 11) is 0. The maximum absolute atomic E-state index is 13.6. The van der Waals surface area contributed by atoms with Gasteiger partial charge in [0.1, 0.15) is 0 Å². The van der Waals surface area contributed by atoms with Crippen LogP contribution in [0.5, 0.6) is 0 Å². The molecule has 2 aromatic heterocycles. The van der Waals surface area contributed by atoms with Crippen LogP contribution in [0.15, 0.2) is 64.6 Å². The number of furan rings is 1. The highest BCUT2D eigenvalue weighted by Crippen LogP contribution is 2.33. The quantitative estimate of drug-likeness (QED) is 0.474. The van der Waals surface area contributed by atoms with E-state index in [1.807, 2.05) is 17.5 Å². The standard InChI is InChI=1S/C25H26N2O5S/c1-2-31-25(30)17-8-5-11-19(16-17)27(24(29)20-12-6-14-32-20)22(21-13-7-15-33-21)23(28)26-18-9-3-4-10-18/h5-8,11-16,18,22H,2-4,9-10H2,1H3,(H,26,28). The van der Waals surface area contributed by atoms with Crippen LogP contribution < -0.4 is 10.2 Å². The van der Waals surface area contributed by atoms with Crippen molar-refractivity contribution >= 4 is 34.8 Å². The topological polar surface area (TPSA) is 88.8 Å². The predicted octanol–water partition coefficient (Wildman–Crippen LogP) is 4.96. The lowest BCUT2D eigenvalue weighted by Gasteiger charge is -2.31. The number of carbonyl (C=O) groups excluding carboxylic acids is 3. The predicted molar refractivity (Wildman–Crippen MR) is 125 cm³/mol. The van der Waals surface area contributed by atoms with E-state index in [0.717, 1.165) is 25.7 Å². The molecular formula is C25H26N2O5S. The van der Waals surface area contributed by atoms with Crippen LogP contribution in [0.3, 0.4) is 0 Å². The number of rotatable bonds is 8. The summed E-state index contributed by atoms with van der Waals surface area (Å²) in [4.78, 5) is 41.7. The monoisotopic (exact) mass is 466 g/mol. The van der Waals surface area contributed by atoms with Crippen LogP contribution in [0, 0.1) is 0 Å². The van der Waals surface area contributed by atoms with E-state index in [1.54, 1.807) is 43.3 Å². The van der Waals surface area contributed by atoms with Gasteiger partial charge in [-0.1, -0.05) is 25.0 Å². The number of carbonyl (C=O) groups is 3. The minimum Gasteiger partial charge on any atom is -0.462 e. The van der Waals surface area contributed by atoms with Gasteiger partial charge in [-0.3, -0.25) is 14.5 Å². The van der Waals surface area contributed by atoms with Crippen LogP contribution in [0.2, 0.25) is 0 Å². The minimum atomic E-state index is -0.916. The first-order valence-corrected chi connectivity index (χ1v) is 11.9. The first-order valence-electron chi connectivity index (χ1n) is 11.1. The molecule has 2 amide bonds. The Balaban J connectivity index is 1.78. The lowest BCUT2D eigenvalue weighted by atomic mass is 10.1. The number of nitrogens with one attached hydrogen (secondary N) is 1. The molecule has 1 saturated carbocycles. The molecule has 1 aromatic carbocycles. The highest BCUT2D eigenvalue weighted by Gasteiger charge is 2.36. The Morgan fingerprint density at radius 3 is 2.64 bits per heavy atom. The van der Waals surface area contributed by atoms with Gasteiger partial charge in [0, 0.05) is 16.6 Å². The van der Waals surface area contributed by atoms with Crippen LogP contribution in [0.25, 0.3) is 0 Å². The van der Waals surface area contributed by atoms with E-state index in [2.05, 4.69) is 5.32 Å². The van der Waals surface area contributed by atoms with Crippen molar-refractivity contribution in [1.82, 2.24) is 5.32 Å². The third-order valence-corrected chi connectivity index (χ3v) is 6.53. The van der Waals surface area contributed by atoms with Gasteiger partial charge in [-0.05, 0) is 61.5 Å². The van der Waals surface area contributed by atoms with Gasteiger partial charge in [0.05, 0.1) is 18.4 Å². The lowest BCUT2D eigenvalue weighted by Crippen LogP contribution is -2.46. The summed E-state index contributed by atoms with van der Waals surface area (Å²) in [6, 6.07) is 12.6. The van der Waals surface area contributed by atoms with Gasteiger partial charge in [0.25, 0.3) is 5.91 Å². The zero-order valence-corrected chi connectivity index (χ0v) is 19.2. The third-order valence-electron chi connectivity index (χ3n) is 5.61. The molecule has 0 bridgehead atoms. The second-order valence-electron chi connectivity index (χ2n) is 7.83. The number of nitrogens with zero attached hydrogens (tertiary/aromatic N) is 1. The molecule has 1 N–H and O–H groups in total. The Morgan fingerprint density at radius 1 is 1.15 bits per heavy atom. The largest absolute Gasteiger partial charge is 0.462 e. The maximum Gasteiger partial charge on any atom is 0.338 e. The Hall–Kier alpha value is -3.39. The zero-order chi connectivity index (χ0) is 23.2. The zero-order valence-electron chi connectivity index (χ0n) is 18.4. The second-order valence-corrected chi connectivity index (χ2v) is 8.81. The van der Waals surface area contributed by atoms with Crippen molar-refractivity contribution in [2.24, 2.45) is 0 Å². The third kappa shape index (κ3) is 5.17. The van der Waals surface area contributed by atoms with E-state index in [4.69, 9.17) is 9.15 Å². The number of esters is 1. The highest BCUT2D eigenvalue weighted by molar-refractivity contribution is 7.10. The molecule has 0 radical (unpaired) electrons. The normalized spacial score (nSPS) is 14.6. The summed E-state index contributed by atoms with van der Waals surface area (Å²) in [6.45, 7) is 1.97. The van der Waals surface area contributed by atoms with Crippen LogP contribution in [0.4, 0.5) is 5.69 Å². The molecule has 4 rings (SSSR count). The Morgan fingerprint density at radius 2 is 1.97 bits per heavy atom. The summed E-state index contributed by atoms with van der Waals surface area (Å²) in [6.07, 6.45) is 5.41. The maximum atomic E-state index is 13.6. The van der Waals surface area contributed by atoms with Gasteiger partial charge in [-0.2, -0.15) is 0 Å². The molecule has 0 saturated heterocycles. The average molecular weight is 467 g/mol. The SMILES string of the molecule is CCOC(=O)c1cccc(N(C(=O)c2ccco2)C(C(=O)NC2CCCC2)c2cccs2)c1. The number of benzene rings is 1. The van der Waals surface area contributed by atoms with E-state index < -0.39 is 17.9 Å². The van der Waals surface area contributed by atoms with Crippen LogP contribution in [0.1, 0.15) is 64.4 Å². The molecule has 8 heteroatoms. The summed E-state index contributed by atoms with van der Waals surface area (Å²) in [5.74, 6) is -1.12. The summed E-state index contributed by atoms with van der Waals surface area (Å²) < 4.78 is 10.5.